The van der Waals surface area contributed by atoms with E-state index in [1.807, 2.05) is 53.4 Å². The van der Waals surface area contributed by atoms with E-state index < -0.39 is 9.76 Å². The van der Waals surface area contributed by atoms with Crippen molar-refractivity contribution in [1.29, 1.82) is 0 Å². The third kappa shape index (κ3) is 4.28. The molecule has 2 aromatic carbocycles. The Morgan fingerprint density at radius 3 is 2.13 bits per heavy atom. The Kier molecular flexibility index (Phi) is 6.22. The molecular weight excluding hydrogens is 425 g/mol. The van der Waals surface area contributed by atoms with Gasteiger partial charge in [-0.3, -0.25) is 15.0 Å². The summed E-state index contributed by atoms with van der Waals surface area (Å²) in [5.74, 6) is 0.423. The van der Waals surface area contributed by atoms with E-state index in [2.05, 4.69) is 22.1 Å². The number of hydrogen-bond donors (Lipinski definition) is 0. The van der Waals surface area contributed by atoms with E-state index in [-0.39, 0.29) is 11.4 Å². The maximum Gasteiger partial charge on any atom is 0.337 e. The second-order valence-electron chi connectivity index (χ2n) is 7.11. The summed E-state index contributed by atoms with van der Waals surface area (Å²) in [7, 11) is 0. The normalized spacial score (nSPS) is 15.0. The standard InChI is InChI=1S/C21H21Cl2N5O2/c22-20(23)18-19(28(29)30)21(27(24-18)17-9-5-2-6-10-17)26-13-11-25(12-14-26)15-16-7-3-1-4-8-16/h1-10,20H,11-15H2. The van der Waals surface area contributed by atoms with Crippen molar-refractivity contribution in [2.24, 2.45) is 0 Å². The van der Waals surface area contributed by atoms with Crippen molar-refractivity contribution in [3.63, 3.8) is 0 Å². The first-order valence-electron chi connectivity index (χ1n) is 9.66. The lowest BCUT2D eigenvalue weighted by Gasteiger charge is -2.35. The molecule has 156 valence electrons. The van der Waals surface area contributed by atoms with Gasteiger partial charge in [0.25, 0.3) is 0 Å². The van der Waals surface area contributed by atoms with Crippen LogP contribution in [0, 0.1) is 10.1 Å². The van der Waals surface area contributed by atoms with E-state index in [1.165, 1.54) is 5.56 Å². The number of nitrogens with zero attached hydrogens (tertiary/aromatic N) is 5. The number of anilines is 1. The van der Waals surface area contributed by atoms with Crippen LogP contribution in [-0.2, 0) is 6.54 Å². The smallest absolute Gasteiger partial charge is 0.337 e. The van der Waals surface area contributed by atoms with Crippen molar-refractivity contribution in [3.05, 3.63) is 82.0 Å². The fourth-order valence-electron chi connectivity index (χ4n) is 3.73. The van der Waals surface area contributed by atoms with Crippen molar-refractivity contribution in [1.82, 2.24) is 14.7 Å². The molecule has 1 aliphatic heterocycles. The highest BCUT2D eigenvalue weighted by molar-refractivity contribution is 6.44. The van der Waals surface area contributed by atoms with Crippen LogP contribution in [0.4, 0.5) is 11.5 Å². The molecule has 0 bridgehead atoms. The molecule has 1 aliphatic rings. The lowest BCUT2D eigenvalue weighted by Crippen LogP contribution is -2.46. The molecular formula is C21H21Cl2N5O2. The number of benzene rings is 2. The van der Waals surface area contributed by atoms with E-state index in [0.717, 1.165) is 25.3 Å². The fourth-order valence-corrected chi connectivity index (χ4v) is 4.03. The molecule has 1 saturated heterocycles. The summed E-state index contributed by atoms with van der Waals surface area (Å²) in [4.78, 5) is 14.7. The number of alkyl halides is 2. The summed E-state index contributed by atoms with van der Waals surface area (Å²) in [5.41, 5.74) is 1.91. The lowest BCUT2D eigenvalue weighted by atomic mass is 10.2. The van der Waals surface area contributed by atoms with E-state index >= 15 is 0 Å². The van der Waals surface area contributed by atoms with Crippen LogP contribution in [0.3, 0.4) is 0 Å². The maximum absolute atomic E-state index is 11.9. The molecule has 1 aromatic heterocycles. The quantitative estimate of drug-likeness (QED) is 0.315. The van der Waals surface area contributed by atoms with E-state index in [1.54, 1.807) is 4.68 Å². The van der Waals surface area contributed by atoms with Gasteiger partial charge in [0.05, 0.1) is 10.6 Å². The van der Waals surface area contributed by atoms with Crippen molar-refractivity contribution < 1.29 is 4.92 Å². The zero-order chi connectivity index (χ0) is 21.1. The molecule has 0 unspecified atom stereocenters. The van der Waals surface area contributed by atoms with Gasteiger partial charge in [-0.15, -0.1) is 0 Å². The Hall–Kier alpha value is -2.61. The Balaban J connectivity index is 1.64. The van der Waals surface area contributed by atoms with Gasteiger partial charge in [-0.1, -0.05) is 71.7 Å². The van der Waals surface area contributed by atoms with Gasteiger partial charge in [0.15, 0.2) is 10.5 Å². The second kappa shape index (κ2) is 9.04. The van der Waals surface area contributed by atoms with Crippen molar-refractivity contribution >= 4 is 34.7 Å². The van der Waals surface area contributed by atoms with Gasteiger partial charge >= 0.3 is 5.69 Å². The minimum atomic E-state index is -1.09. The first-order chi connectivity index (χ1) is 14.5. The third-order valence-corrected chi connectivity index (χ3v) is 5.59. The zero-order valence-electron chi connectivity index (χ0n) is 16.2. The van der Waals surface area contributed by atoms with Gasteiger partial charge in [-0.25, -0.2) is 4.68 Å². The third-order valence-electron chi connectivity index (χ3n) is 5.17. The summed E-state index contributed by atoms with van der Waals surface area (Å²) in [6.07, 6.45) is 0. The summed E-state index contributed by atoms with van der Waals surface area (Å²) < 4.78 is 1.58. The lowest BCUT2D eigenvalue weighted by molar-refractivity contribution is -0.384. The number of rotatable bonds is 6. The minimum absolute atomic E-state index is 0.0638. The number of nitro groups is 1. The van der Waals surface area contributed by atoms with Crippen LogP contribution >= 0.6 is 23.2 Å². The highest BCUT2D eigenvalue weighted by atomic mass is 35.5. The number of aromatic nitrogens is 2. The van der Waals surface area contributed by atoms with Crippen molar-refractivity contribution in [3.8, 4) is 5.69 Å². The van der Waals surface area contributed by atoms with Gasteiger partial charge < -0.3 is 4.90 Å². The van der Waals surface area contributed by atoms with Crippen LogP contribution in [-0.4, -0.2) is 45.8 Å². The zero-order valence-corrected chi connectivity index (χ0v) is 17.7. The molecule has 7 nitrogen and oxygen atoms in total. The first-order valence-corrected chi connectivity index (χ1v) is 10.5. The number of hydrogen-bond acceptors (Lipinski definition) is 5. The van der Waals surface area contributed by atoms with Crippen molar-refractivity contribution in [2.75, 3.05) is 31.1 Å². The minimum Gasteiger partial charge on any atom is -0.348 e. The Morgan fingerprint density at radius 1 is 0.967 bits per heavy atom. The Bertz CT molecular complexity index is 1000. The molecule has 0 spiro atoms. The Morgan fingerprint density at radius 2 is 1.57 bits per heavy atom. The molecule has 30 heavy (non-hydrogen) atoms. The molecule has 0 saturated carbocycles. The molecule has 9 heteroatoms. The largest absolute Gasteiger partial charge is 0.348 e. The maximum atomic E-state index is 11.9. The summed E-state index contributed by atoms with van der Waals surface area (Å²) >= 11 is 12.1. The molecule has 0 N–H and O–H groups in total. The number of piperazine rings is 1. The van der Waals surface area contributed by atoms with Crippen LogP contribution in [0.1, 0.15) is 16.1 Å². The monoisotopic (exact) mass is 445 g/mol. The summed E-state index contributed by atoms with van der Waals surface area (Å²) in [5, 5.41) is 16.4. The van der Waals surface area contributed by atoms with Gasteiger partial charge in [-0.2, -0.15) is 5.10 Å². The summed E-state index contributed by atoms with van der Waals surface area (Å²) in [6, 6.07) is 19.6. The van der Waals surface area contributed by atoms with Crippen LogP contribution in [0.5, 0.6) is 0 Å². The first kappa shape index (κ1) is 20.7. The fraction of sp³-hybridized carbons (Fsp3) is 0.286. The molecule has 1 fully saturated rings. The predicted octanol–water partition coefficient (Wildman–Crippen LogP) is 4.58. The number of halogens is 2. The summed E-state index contributed by atoms with van der Waals surface area (Å²) in [6.45, 7) is 3.70. The molecule has 3 aromatic rings. The van der Waals surface area contributed by atoms with E-state index in [4.69, 9.17) is 23.2 Å². The molecule has 4 rings (SSSR count). The van der Waals surface area contributed by atoms with Crippen LogP contribution in [0.25, 0.3) is 5.69 Å². The molecule has 0 radical (unpaired) electrons. The topological polar surface area (TPSA) is 67.4 Å². The van der Waals surface area contributed by atoms with Crippen LogP contribution in [0.15, 0.2) is 60.7 Å². The van der Waals surface area contributed by atoms with Crippen molar-refractivity contribution in [2.45, 2.75) is 11.4 Å². The van der Waals surface area contributed by atoms with Gasteiger partial charge in [0.1, 0.15) is 0 Å². The molecule has 0 aliphatic carbocycles. The van der Waals surface area contributed by atoms with E-state index in [9.17, 15) is 10.1 Å². The predicted molar refractivity (Wildman–Crippen MR) is 119 cm³/mol. The van der Waals surface area contributed by atoms with Gasteiger partial charge in [0, 0.05) is 32.7 Å². The highest BCUT2D eigenvalue weighted by Gasteiger charge is 2.36. The number of para-hydroxylation sites is 1. The van der Waals surface area contributed by atoms with Gasteiger partial charge in [0.2, 0.25) is 5.82 Å². The average molecular weight is 446 g/mol. The van der Waals surface area contributed by atoms with Crippen LogP contribution < -0.4 is 4.90 Å². The van der Waals surface area contributed by atoms with Gasteiger partial charge in [-0.05, 0) is 17.7 Å². The molecule has 2 heterocycles. The average Bonchev–Trinajstić information content (AvgIpc) is 3.17. The highest BCUT2D eigenvalue weighted by Crippen LogP contribution is 2.40. The second-order valence-corrected chi connectivity index (χ2v) is 8.21. The van der Waals surface area contributed by atoms with Crippen LogP contribution in [0.2, 0.25) is 0 Å². The van der Waals surface area contributed by atoms with E-state index in [0.29, 0.717) is 18.9 Å². The molecule has 0 atom stereocenters. The SMILES string of the molecule is O=[N+]([O-])c1c(C(Cl)Cl)nn(-c2ccccc2)c1N1CCN(Cc2ccccc2)CC1. The molecule has 0 amide bonds. The Labute approximate surface area is 184 Å².